The van der Waals surface area contributed by atoms with Gasteiger partial charge in [-0.1, -0.05) is 0 Å². The molecule has 12 N–H and O–H groups in total. The fraction of sp³-hybridized carbons (Fsp3) is 0.769. The summed E-state index contributed by atoms with van der Waals surface area (Å²) in [5.41, 5.74) is 0. The number of aromatic nitrogens is 6. The number of nitrogens with one attached hydrogen (secondary N) is 4. The van der Waals surface area contributed by atoms with E-state index < -0.39 is 31.2 Å². The molecule has 0 aliphatic rings. The molecule has 0 bridgehead atoms. The molecule has 0 spiro atoms. The molecule has 0 aliphatic carbocycles. The summed E-state index contributed by atoms with van der Waals surface area (Å²) in [6.45, 7) is -3.36. The molecule has 2 aromatic rings. The first kappa shape index (κ1) is 46.5. The van der Waals surface area contributed by atoms with Crippen molar-refractivity contribution in [1.82, 2.24) is 39.3 Å². The van der Waals surface area contributed by atoms with E-state index in [2.05, 4.69) is 40.5 Å². The highest BCUT2D eigenvalue weighted by molar-refractivity contribution is 8.65. The predicted octanol–water partition coefficient (Wildman–Crippen LogP) is -7.50. The molecule has 0 radical (unpaired) electrons. The van der Waals surface area contributed by atoms with Gasteiger partial charge in [0.2, 0.25) is 35.7 Å². The lowest BCUT2D eigenvalue weighted by molar-refractivity contribution is 0.278. The van der Waals surface area contributed by atoms with E-state index in [0.717, 1.165) is 0 Å². The standard InChI is InChI=1S/C26H52N14O12S2/c41-13-5-37(6-14-42)23-31-21(32-24(35-23)38(7-15-43)8-16-44)27-1-3-29-53(49,50)54(51,52)30-4-2-28-22-33-25(39(9-17-45)10-18-46)36-26(34-22)40(11-19-47)12-20-48/h29-30,41-48H,1-20H2,(H,27,31,32,35)(H,28,33,34,36). The topological polar surface area (TPSA) is 369 Å². The first-order valence-corrected chi connectivity index (χ1v) is 20.3. The minimum Gasteiger partial charge on any atom is -0.395 e. The molecule has 2 heterocycles. The van der Waals surface area contributed by atoms with Gasteiger partial charge in [-0.05, 0) is 0 Å². The summed E-state index contributed by atoms with van der Waals surface area (Å²) in [5.74, 6) is -0.0666. The zero-order valence-electron chi connectivity index (χ0n) is 29.6. The van der Waals surface area contributed by atoms with Gasteiger partial charge in [-0.3, -0.25) is 0 Å². The maximum Gasteiger partial charge on any atom is 0.331 e. The van der Waals surface area contributed by atoms with Crippen molar-refractivity contribution >= 4 is 53.8 Å². The summed E-state index contributed by atoms with van der Waals surface area (Å²) < 4.78 is 54.7. The van der Waals surface area contributed by atoms with Crippen molar-refractivity contribution in [2.45, 2.75) is 0 Å². The number of hydrogen-bond donors (Lipinski definition) is 12. The van der Waals surface area contributed by atoms with Crippen molar-refractivity contribution in [3.8, 4) is 0 Å². The lowest BCUT2D eigenvalue weighted by Gasteiger charge is -2.25. The van der Waals surface area contributed by atoms with E-state index in [1.807, 2.05) is 9.44 Å². The van der Waals surface area contributed by atoms with Gasteiger partial charge in [-0.25, -0.2) is 0 Å². The molecule has 310 valence electrons. The second-order valence-corrected chi connectivity index (χ2v) is 15.8. The Labute approximate surface area is 312 Å². The van der Waals surface area contributed by atoms with E-state index in [4.69, 9.17) is 0 Å². The van der Waals surface area contributed by atoms with Crippen LogP contribution in [0, 0.1) is 0 Å². The maximum absolute atomic E-state index is 12.7. The van der Waals surface area contributed by atoms with E-state index in [9.17, 15) is 57.7 Å². The SMILES string of the molecule is O=S(=O)(NCCNc1nc(N(CCO)CCO)nc(N(CCO)CCO)n1)S(=O)(=O)NCCNc1nc(N(CCO)CCO)nc(N(CCO)CCO)n1. The minimum atomic E-state index is -4.98. The van der Waals surface area contributed by atoms with Crippen LogP contribution in [0.15, 0.2) is 0 Å². The van der Waals surface area contributed by atoms with Gasteiger partial charge in [0.05, 0.1) is 52.9 Å². The number of anilines is 6. The zero-order chi connectivity index (χ0) is 40.0. The Hall–Kier alpha value is -3.68. The van der Waals surface area contributed by atoms with Gasteiger partial charge >= 0.3 is 18.1 Å². The Balaban J connectivity index is 2.11. The number of aliphatic hydroxyl groups is 8. The third-order valence-electron chi connectivity index (χ3n) is 6.98. The monoisotopic (exact) mass is 816 g/mol. The van der Waals surface area contributed by atoms with E-state index in [0.29, 0.717) is 0 Å². The quantitative estimate of drug-likeness (QED) is 0.0248. The number of nitrogens with zero attached hydrogens (tertiary/aromatic N) is 10. The molecular weight excluding hydrogens is 765 g/mol. The second kappa shape index (κ2) is 24.7. The molecule has 0 saturated carbocycles. The van der Waals surface area contributed by atoms with E-state index >= 15 is 0 Å². The number of rotatable bonds is 31. The van der Waals surface area contributed by atoms with Crippen molar-refractivity contribution in [2.24, 2.45) is 0 Å². The summed E-state index contributed by atoms with van der Waals surface area (Å²) in [6.07, 6.45) is 0. The highest BCUT2D eigenvalue weighted by atomic mass is 33.2. The van der Waals surface area contributed by atoms with Crippen LogP contribution in [-0.2, 0) is 18.1 Å². The van der Waals surface area contributed by atoms with Gasteiger partial charge in [-0.15, -0.1) is 0 Å². The van der Waals surface area contributed by atoms with Crippen LogP contribution in [0.1, 0.15) is 0 Å². The summed E-state index contributed by atoms with van der Waals surface area (Å²) in [6, 6.07) is 0. The van der Waals surface area contributed by atoms with Gasteiger partial charge < -0.3 is 71.1 Å². The van der Waals surface area contributed by atoms with Crippen LogP contribution in [0.3, 0.4) is 0 Å². The van der Waals surface area contributed by atoms with Gasteiger partial charge in [0.15, 0.2) is 0 Å². The molecule has 2 aromatic heterocycles. The number of aliphatic hydroxyl groups excluding tert-OH is 8. The average molecular weight is 817 g/mol. The van der Waals surface area contributed by atoms with Gasteiger partial charge in [0, 0.05) is 78.5 Å². The third kappa shape index (κ3) is 14.9. The molecule has 0 amide bonds. The summed E-state index contributed by atoms with van der Waals surface area (Å²) in [7, 11) is -9.96. The average Bonchev–Trinajstić information content (AvgIpc) is 3.14. The summed E-state index contributed by atoms with van der Waals surface area (Å²) >= 11 is 0. The zero-order valence-corrected chi connectivity index (χ0v) is 31.3. The molecule has 28 heteroatoms. The Bertz CT molecular complexity index is 1380. The molecule has 0 unspecified atom stereocenters. The van der Waals surface area contributed by atoms with Crippen molar-refractivity contribution in [1.29, 1.82) is 0 Å². The fourth-order valence-corrected chi connectivity index (χ4v) is 6.95. The first-order chi connectivity index (χ1) is 25.9. The van der Waals surface area contributed by atoms with Crippen molar-refractivity contribution in [3.05, 3.63) is 0 Å². The van der Waals surface area contributed by atoms with Crippen molar-refractivity contribution in [2.75, 3.05) is 162 Å². The predicted molar refractivity (Wildman–Crippen MR) is 196 cm³/mol. The molecule has 54 heavy (non-hydrogen) atoms. The van der Waals surface area contributed by atoms with Gasteiger partial charge in [0.1, 0.15) is 0 Å². The van der Waals surface area contributed by atoms with Crippen LogP contribution >= 0.6 is 0 Å². The molecule has 26 nitrogen and oxygen atoms in total. The molecule has 0 aliphatic heterocycles. The molecule has 0 fully saturated rings. The molecule has 2 rings (SSSR count). The Morgan fingerprint density at radius 3 is 0.796 bits per heavy atom. The van der Waals surface area contributed by atoms with Crippen LogP contribution < -0.4 is 39.7 Å². The summed E-state index contributed by atoms with van der Waals surface area (Å²) in [4.78, 5) is 31.4. The molecule has 0 saturated heterocycles. The highest BCUT2D eigenvalue weighted by Crippen LogP contribution is 2.18. The van der Waals surface area contributed by atoms with Crippen molar-refractivity contribution in [3.63, 3.8) is 0 Å². The van der Waals surface area contributed by atoms with E-state index in [-0.39, 0.29) is 154 Å². The van der Waals surface area contributed by atoms with E-state index in [1.54, 1.807) is 0 Å². The van der Waals surface area contributed by atoms with Crippen LogP contribution in [0.2, 0.25) is 0 Å². The fourth-order valence-electron chi connectivity index (χ4n) is 4.50. The normalized spacial score (nSPS) is 11.8. The Kier molecular flexibility index (Phi) is 21.2. The molecular formula is C26H52N14O12S2. The van der Waals surface area contributed by atoms with E-state index in [1.165, 1.54) is 19.6 Å². The second-order valence-electron chi connectivity index (χ2n) is 10.8. The van der Waals surface area contributed by atoms with Gasteiger partial charge in [-0.2, -0.15) is 56.2 Å². The van der Waals surface area contributed by atoms with Gasteiger partial charge in [0.25, 0.3) is 0 Å². The molecule has 0 aromatic carbocycles. The third-order valence-corrected chi connectivity index (χ3v) is 11.1. The lowest BCUT2D eigenvalue weighted by Crippen LogP contribution is -2.42. The summed E-state index contributed by atoms with van der Waals surface area (Å²) in [5, 5.41) is 81.1. The lowest BCUT2D eigenvalue weighted by atomic mass is 10.5. The maximum atomic E-state index is 12.7. The number of hydrogen-bond acceptors (Lipinski definition) is 24. The van der Waals surface area contributed by atoms with Crippen LogP contribution in [0.25, 0.3) is 0 Å². The van der Waals surface area contributed by atoms with Crippen LogP contribution in [0.4, 0.5) is 35.7 Å². The molecule has 0 atom stereocenters. The Morgan fingerprint density at radius 2 is 0.593 bits per heavy atom. The largest absolute Gasteiger partial charge is 0.395 e. The smallest absolute Gasteiger partial charge is 0.331 e. The van der Waals surface area contributed by atoms with Crippen molar-refractivity contribution < 1.29 is 57.7 Å². The minimum absolute atomic E-state index is 0.0253. The van der Waals surface area contributed by atoms with Crippen LogP contribution in [-0.4, -0.2) is 219 Å². The Morgan fingerprint density at radius 1 is 0.370 bits per heavy atom. The van der Waals surface area contributed by atoms with Crippen LogP contribution in [0.5, 0.6) is 0 Å². The highest BCUT2D eigenvalue weighted by Gasteiger charge is 2.29. The first-order valence-electron chi connectivity index (χ1n) is 16.8.